The number of carboxylic acids is 1. The molecule has 0 saturated carbocycles. The lowest BCUT2D eigenvalue weighted by molar-refractivity contribution is -0.140. The number of ether oxygens (including phenoxy) is 1. The minimum atomic E-state index is -1.21. The number of aliphatic carboxylic acids is 1. The molecule has 2 fully saturated rings. The molecule has 0 aliphatic carbocycles. The first-order chi connectivity index (χ1) is 22.6. The summed E-state index contributed by atoms with van der Waals surface area (Å²) in [6.45, 7) is 0.847. The fourth-order valence-corrected chi connectivity index (χ4v) is 5.68. The van der Waals surface area contributed by atoms with Gasteiger partial charge in [0.25, 0.3) is 11.8 Å². The number of nitrogens with zero attached hydrogens (tertiary/aromatic N) is 5. The minimum absolute atomic E-state index is 0.0630. The van der Waals surface area contributed by atoms with Crippen molar-refractivity contribution in [2.75, 3.05) is 57.9 Å². The number of carbonyl (C=O) groups is 6. The topological polar surface area (TPSA) is 204 Å². The summed E-state index contributed by atoms with van der Waals surface area (Å²) in [4.78, 5) is 79.3. The lowest BCUT2D eigenvalue weighted by Gasteiger charge is -2.35. The molecule has 0 bridgehead atoms. The molecule has 254 valence electrons. The molecule has 2 aromatic rings. The van der Waals surface area contributed by atoms with Gasteiger partial charge in [0.2, 0.25) is 17.7 Å². The molecule has 16 nitrogen and oxygen atoms in total. The van der Waals surface area contributed by atoms with E-state index >= 15 is 0 Å². The zero-order valence-electron chi connectivity index (χ0n) is 26.0. The minimum Gasteiger partial charge on any atom is -0.481 e. The van der Waals surface area contributed by atoms with E-state index in [4.69, 9.17) is 4.74 Å². The number of para-hydroxylation sites is 1. The normalized spacial score (nSPS) is 16.8. The number of hydrogen-bond acceptors (Lipinski definition) is 9. The van der Waals surface area contributed by atoms with E-state index in [0.29, 0.717) is 31.6 Å². The molecule has 0 spiro atoms. The molecule has 2 atom stereocenters. The van der Waals surface area contributed by atoms with Gasteiger partial charge >= 0.3 is 12.1 Å². The van der Waals surface area contributed by atoms with Crippen molar-refractivity contribution < 1.29 is 43.7 Å². The highest BCUT2D eigenvalue weighted by Gasteiger charge is 2.35. The van der Waals surface area contributed by atoms with Crippen LogP contribution in [0.25, 0.3) is 5.69 Å². The number of benzene rings is 1. The van der Waals surface area contributed by atoms with Crippen molar-refractivity contribution in [1.82, 2.24) is 35.1 Å². The number of nitrogens with one attached hydrogen (secondary N) is 2. The molecular weight excluding hydrogens is 634 g/mol. The third-order valence-corrected chi connectivity index (χ3v) is 8.46. The Hall–Kier alpha value is -4.80. The monoisotopic (exact) mass is 673 g/mol. The van der Waals surface area contributed by atoms with E-state index in [0.717, 1.165) is 5.75 Å². The molecule has 4 N–H and O–H groups in total. The van der Waals surface area contributed by atoms with Gasteiger partial charge < -0.3 is 40.3 Å². The van der Waals surface area contributed by atoms with Crippen LogP contribution in [-0.2, 0) is 19.2 Å². The number of hydrogen-bond donors (Lipinski definition) is 4. The third-order valence-electron chi connectivity index (χ3n) is 7.85. The molecule has 4 rings (SSSR count). The van der Waals surface area contributed by atoms with Crippen molar-refractivity contribution in [2.45, 2.75) is 37.8 Å². The van der Waals surface area contributed by atoms with E-state index in [9.17, 15) is 39.0 Å². The van der Waals surface area contributed by atoms with Gasteiger partial charge in [-0.3, -0.25) is 24.0 Å². The molecule has 5 amide bonds. The lowest BCUT2D eigenvalue weighted by atomic mass is 10.1. The summed E-state index contributed by atoms with van der Waals surface area (Å²) in [6.07, 6.45) is 1.46. The highest BCUT2D eigenvalue weighted by Crippen LogP contribution is 2.22. The lowest BCUT2D eigenvalue weighted by Crippen LogP contribution is -2.55. The van der Waals surface area contributed by atoms with Crippen LogP contribution in [0.3, 0.4) is 0 Å². The molecular formula is C30H39N7O9S. The van der Waals surface area contributed by atoms with E-state index in [1.54, 1.807) is 42.1 Å². The number of thioether (sulfide) groups is 1. The molecule has 0 radical (unpaired) electrons. The maximum Gasteiger partial charge on any atom is 0.407 e. The van der Waals surface area contributed by atoms with Crippen molar-refractivity contribution in [2.24, 2.45) is 0 Å². The first-order valence-electron chi connectivity index (χ1n) is 15.2. The van der Waals surface area contributed by atoms with Gasteiger partial charge in [0.05, 0.1) is 5.69 Å². The SMILES string of the molecule is CSCCNC(=O)C1CCCN1C(=O)COc1cc(C(=O)NC(CCC(=O)O)C(=O)N2CCN(C(=O)O)CC2)nn1-c1ccccc1. The standard InChI is InChI=1S/C30H39N7O9S/c1-47-17-11-31-28(42)23-8-5-12-36(23)24(38)19-46-25-18-22(33-37(25)20-6-3-2-4-7-20)27(41)32-21(9-10-26(39)40)29(43)34-13-15-35(16-14-34)30(44)45/h2-4,6-7,18,21,23H,5,8-17,19H2,1H3,(H,31,42)(H,32,41)(H,39,40)(H,44,45). The number of rotatable bonds is 14. The zero-order valence-corrected chi connectivity index (χ0v) is 26.8. The predicted octanol–water partition coefficient (Wildman–Crippen LogP) is 0.507. The molecule has 17 heteroatoms. The molecule has 2 aliphatic rings. The van der Waals surface area contributed by atoms with Crippen LogP contribution in [0.1, 0.15) is 36.2 Å². The van der Waals surface area contributed by atoms with Crippen LogP contribution in [0.4, 0.5) is 4.79 Å². The summed E-state index contributed by atoms with van der Waals surface area (Å²) in [7, 11) is 0. The van der Waals surface area contributed by atoms with Gasteiger partial charge in [-0.1, -0.05) is 18.2 Å². The van der Waals surface area contributed by atoms with Crippen molar-refractivity contribution in [3.63, 3.8) is 0 Å². The Kier molecular flexibility index (Phi) is 12.4. The molecule has 1 aromatic heterocycles. The van der Waals surface area contributed by atoms with Crippen molar-refractivity contribution >= 4 is 47.5 Å². The molecule has 2 unspecified atom stereocenters. The Bertz CT molecular complexity index is 1450. The number of aromatic nitrogens is 2. The van der Waals surface area contributed by atoms with Gasteiger partial charge in [-0.05, 0) is 37.7 Å². The van der Waals surface area contributed by atoms with Gasteiger partial charge in [0.1, 0.15) is 12.1 Å². The van der Waals surface area contributed by atoms with Crippen molar-refractivity contribution in [1.29, 1.82) is 0 Å². The molecule has 2 saturated heterocycles. The molecule has 2 aliphatic heterocycles. The average molecular weight is 674 g/mol. The number of amides is 5. The summed E-state index contributed by atoms with van der Waals surface area (Å²) in [5.74, 6) is -2.26. The number of carboxylic acid groups (broad SMARTS) is 2. The van der Waals surface area contributed by atoms with Crippen molar-refractivity contribution in [3.8, 4) is 11.6 Å². The fraction of sp³-hybridized carbons (Fsp3) is 0.500. The fourth-order valence-electron chi connectivity index (χ4n) is 5.38. The predicted molar refractivity (Wildman–Crippen MR) is 169 cm³/mol. The van der Waals surface area contributed by atoms with Crippen LogP contribution >= 0.6 is 11.8 Å². The number of likely N-dealkylation sites (tertiary alicyclic amines) is 1. The zero-order chi connectivity index (χ0) is 33.9. The second-order valence-corrected chi connectivity index (χ2v) is 12.0. The number of piperazine rings is 1. The Labute approximate surface area is 275 Å². The summed E-state index contributed by atoms with van der Waals surface area (Å²) in [6, 6.07) is 8.23. The summed E-state index contributed by atoms with van der Waals surface area (Å²) >= 11 is 1.60. The quantitative estimate of drug-likeness (QED) is 0.203. The van der Waals surface area contributed by atoms with E-state index in [-0.39, 0.29) is 50.1 Å². The Balaban J connectivity index is 1.48. The Morgan fingerprint density at radius 2 is 1.72 bits per heavy atom. The first kappa shape index (κ1) is 35.1. The van der Waals surface area contributed by atoms with Crippen LogP contribution in [0.5, 0.6) is 5.88 Å². The van der Waals surface area contributed by atoms with Gasteiger partial charge in [-0.2, -0.15) is 16.9 Å². The third kappa shape index (κ3) is 9.37. The van der Waals surface area contributed by atoms with Crippen LogP contribution in [-0.4, -0.2) is 140 Å². The molecule has 47 heavy (non-hydrogen) atoms. The smallest absolute Gasteiger partial charge is 0.407 e. The average Bonchev–Trinajstić information content (AvgIpc) is 3.74. The van der Waals surface area contributed by atoms with Gasteiger partial charge in [0, 0.05) is 57.5 Å². The number of carbonyl (C=O) groups excluding carboxylic acids is 4. The van der Waals surface area contributed by atoms with E-state index in [1.165, 1.54) is 25.4 Å². The summed E-state index contributed by atoms with van der Waals surface area (Å²) < 4.78 is 7.20. The van der Waals surface area contributed by atoms with Gasteiger partial charge in [-0.25, -0.2) is 9.48 Å². The van der Waals surface area contributed by atoms with Gasteiger partial charge in [0.15, 0.2) is 12.3 Å². The van der Waals surface area contributed by atoms with E-state index in [2.05, 4.69) is 15.7 Å². The Morgan fingerprint density at radius 1 is 1.02 bits per heavy atom. The van der Waals surface area contributed by atoms with Crippen LogP contribution in [0, 0.1) is 0 Å². The van der Waals surface area contributed by atoms with Crippen LogP contribution in [0.15, 0.2) is 36.4 Å². The molecule has 3 heterocycles. The Morgan fingerprint density at radius 3 is 2.38 bits per heavy atom. The second kappa shape index (κ2) is 16.7. The highest BCUT2D eigenvalue weighted by atomic mass is 32.2. The van der Waals surface area contributed by atoms with Crippen molar-refractivity contribution in [3.05, 3.63) is 42.1 Å². The maximum atomic E-state index is 13.4. The summed E-state index contributed by atoms with van der Waals surface area (Å²) in [5, 5.41) is 28.3. The van der Waals surface area contributed by atoms with E-state index < -0.39 is 54.9 Å². The van der Waals surface area contributed by atoms with Crippen LogP contribution < -0.4 is 15.4 Å². The largest absolute Gasteiger partial charge is 0.481 e. The summed E-state index contributed by atoms with van der Waals surface area (Å²) in [5.41, 5.74) is 0.378. The highest BCUT2D eigenvalue weighted by molar-refractivity contribution is 7.98. The maximum absolute atomic E-state index is 13.4. The second-order valence-electron chi connectivity index (χ2n) is 11.0. The molecule has 1 aromatic carbocycles. The van der Waals surface area contributed by atoms with Crippen LogP contribution in [0.2, 0.25) is 0 Å². The van der Waals surface area contributed by atoms with Gasteiger partial charge in [-0.15, -0.1) is 0 Å². The van der Waals surface area contributed by atoms with E-state index in [1.807, 2.05) is 6.26 Å². The first-order valence-corrected chi connectivity index (χ1v) is 16.6.